The van der Waals surface area contributed by atoms with Crippen molar-refractivity contribution in [3.63, 3.8) is 0 Å². The highest BCUT2D eigenvalue weighted by atomic mass is 79.9. The van der Waals surface area contributed by atoms with E-state index in [9.17, 15) is 9.59 Å². The molecule has 0 heterocycles. The topological polar surface area (TPSA) is 66.4 Å². The Kier molecular flexibility index (Phi) is 4.90. The van der Waals surface area contributed by atoms with Crippen LogP contribution in [0.5, 0.6) is 0 Å². The summed E-state index contributed by atoms with van der Waals surface area (Å²) in [6.07, 6.45) is 0.675. The highest BCUT2D eigenvalue weighted by Gasteiger charge is 2.35. The molecular weight excluding hydrogens is 298 g/mol. The first-order valence-electron chi connectivity index (χ1n) is 5.60. The quantitative estimate of drug-likeness (QED) is 0.819. The smallest absolute Gasteiger partial charge is 0.318 e. The largest absolute Gasteiger partial charge is 0.480 e. The molecule has 0 aliphatic carbocycles. The first-order valence-corrected chi connectivity index (χ1v) is 6.39. The maximum absolute atomic E-state index is 11.7. The second-order valence-corrected chi connectivity index (χ2v) is 5.48. The van der Waals surface area contributed by atoms with Gasteiger partial charge in [0.1, 0.15) is 5.41 Å². The zero-order valence-corrected chi connectivity index (χ0v) is 12.0. The van der Waals surface area contributed by atoms with E-state index in [1.165, 1.54) is 13.8 Å². The number of carbonyl (C=O) groups is 2. The third-order valence-electron chi connectivity index (χ3n) is 2.71. The lowest BCUT2D eigenvalue weighted by molar-refractivity contribution is -0.153. The number of halogens is 1. The number of benzene rings is 1. The first-order chi connectivity index (χ1) is 8.34. The molecule has 0 saturated carbocycles. The summed E-state index contributed by atoms with van der Waals surface area (Å²) in [5.74, 6) is -1.59. The summed E-state index contributed by atoms with van der Waals surface area (Å²) < 4.78 is 1.00. The molecule has 0 saturated heterocycles. The number of carboxylic acid groups (broad SMARTS) is 1. The van der Waals surface area contributed by atoms with Crippen molar-refractivity contribution in [3.05, 3.63) is 34.3 Å². The van der Waals surface area contributed by atoms with Crippen molar-refractivity contribution < 1.29 is 14.7 Å². The third kappa shape index (κ3) is 3.84. The zero-order chi connectivity index (χ0) is 13.8. The van der Waals surface area contributed by atoms with Gasteiger partial charge in [-0.1, -0.05) is 28.1 Å². The highest BCUT2D eigenvalue weighted by Crippen LogP contribution is 2.15. The maximum atomic E-state index is 11.7. The molecule has 98 valence electrons. The van der Waals surface area contributed by atoms with Crippen molar-refractivity contribution in [1.82, 2.24) is 5.32 Å². The molecule has 1 aromatic rings. The van der Waals surface area contributed by atoms with E-state index in [4.69, 9.17) is 5.11 Å². The van der Waals surface area contributed by atoms with Gasteiger partial charge < -0.3 is 10.4 Å². The minimum Gasteiger partial charge on any atom is -0.480 e. The van der Waals surface area contributed by atoms with E-state index in [-0.39, 0.29) is 0 Å². The van der Waals surface area contributed by atoms with Crippen LogP contribution in [0.1, 0.15) is 19.4 Å². The standard InChI is InChI=1S/C13H16BrNO3/c1-13(2,12(17)18)11(16)15-8-7-9-3-5-10(14)6-4-9/h3-6H,7-8H2,1-2H3,(H,15,16)(H,17,18). The van der Waals surface area contributed by atoms with E-state index in [2.05, 4.69) is 21.2 Å². The van der Waals surface area contributed by atoms with E-state index in [0.29, 0.717) is 13.0 Å². The molecule has 0 radical (unpaired) electrons. The first kappa shape index (κ1) is 14.7. The maximum Gasteiger partial charge on any atom is 0.318 e. The Morgan fingerprint density at radius 2 is 1.83 bits per heavy atom. The van der Waals surface area contributed by atoms with Crippen LogP contribution in [-0.2, 0) is 16.0 Å². The van der Waals surface area contributed by atoms with Gasteiger partial charge in [-0.05, 0) is 38.0 Å². The van der Waals surface area contributed by atoms with E-state index in [1.807, 2.05) is 24.3 Å². The van der Waals surface area contributed by atoms with Gasteiger partial charge in [-0.3, -0.25) is 9.59 Å². The van der Waals surface area contributed by atoms with Crippen LogP contribution in [0.3, 0.4) is 0 Å². The fourth-order valence-electron chi connectivity index (χ4n) is 1.29. The molecule has 0 fully saturated rings. The normalized spacial score (nSPS) is 11.1. The SMILES string of the molecule is CC(C)(C(=O)O)C(=O)NCCc1ccc(Br)cc1. The summed E-state index contributed by atoms with van der Waals surface area (Å²) in [6.45, 7) is 3.21. The predicted octanol–water partition coefficient (Wildman–Crippen LogP) is 2.22. The fourth-order valence-corrected chi connectivity index (χ4v) is 1.55. The third-order valence-corrected chi connectivity index (χ3v) is 3.24. The molecular formula is C13H16BrNO3. The number of carboxylic acids is 1. The van der Waals surface area contributed by atoms with Crippen LogP contribution < -0.4 is 5.32 Å². The molecule has 0 spiro atoms. The van der Waals surface area contributed by atoms with Crippen molar-refractivity contribution in [2.45, 2.75) is 20.3 Å². The van der Waals surface area contributed by atoms with Crippen LogP contribution in [0.4, 0.5) is 0 Å². The molecule has 0 aliphatic rings. The lowest BCUT2D eigenvalue weighted by Gasteiger charge is -2.18. The van der Waals surface area contributed by atoms with Gasteiger partial charge in [0.05, 0.1) is 0 Å². The van der Waals surface area contributed by atoms with Gasteiger partial charge in [0.25, 0.3) is 0 Å². The number of hydrogen-bond donors (Lipinski definition) is 2. The minimum atomic E-state index is -1.39. The van der Waals surface area contributed by atoms with Gasteiger partial charge >= 0.3 is 5.97 Å². The summed E-state index contributed by atoms with van der Waals surface area (Å²) in [5.41, 5.74) is -0.300. The van der Waals surface area contributed by atoms with Crippen molar-refractivity contribution in [2.75, 3.05) is 6.54 Å². The van der Waals surface area contributed by atoms with E-state index >= 15 is 0 Å². The molecule has 0 unspecified atom stereocenters. The molecule has 0 aliphatic heterocycles. The Labute approximate surface area is 115 Å². The molecule has 0 bridgehead atoms. The summed E-state index contributed by atoms with van der Waals surface area (Å²) in [4.78, 5) is 22.5. The second kappa shape index (κ2) is 6.00. The van der Waals surface area contributed by atoms with E-state index < -0.39 is 17.3 Å². The van der Waals surface area contributed by atoms with Crippen molar-refractivity contribution in [3.8, 4) is 0 Å². The summed E-state index contributed by atoms with van der Waals surface area (Å²) in [5, 5.41) is 11.5. The Balaban J connectivity index is 2.45. The van der Waals surface area contributed by atoms with Crippen LogP contribution in [-0.4, -0.2) is 23.5 Å². The summed E-state index contributed by atoms with van der Waals surface area (Å²) in [7, 11) is 0. The molecule has 1 amide bonds. The van der Waals surface area contributed by atoms with Gasteiger partial charge in [0.15, 0.2) is 0 Å². The van der Waals surface area contributed by atoms with Gasteiger partial charge in [0.2, 0.25) is 5.91 Å². The van der Waals surface area contributed by atoms with Crippen molar-refractivity contribution in [1.29, 1.82) is 0 Å². The molecule has 4 nitrogen and oxygen atoms in total. The average Bonchev–Trinajstić information content (AvgIpc) is 2.31. The van der Waals surface area contributed by atoms with Gasteiger partial charge in [-0.2, -0.15) is 0 Å². The number of aliphatic carboxylic acids is 1. The fraction of sp³-hybridized carbons (Fsp3) is 0.385. The lowest BCUT2D eigenvalue weighted by atomic mass is 9.92. The number of rotatable bonds is 5. The van der Waals surface area contributed by atoms with Gasteiger partial charge in [-0.15, -0.1) is 0 Å². The predicted molar refractivity (Wildman–Crippen MR) is 72.3 cm³/mol. The molecule has 1 rings (SSSR count). The van der Waals surface area contributed by atoms with Crippen LogP contribution in [0.25, 0.3) is 0 Å². The highest BCUT2D eigenvalue weighted by molar-refractivity contribution is 9.10. The van der Waals surface area contributed by atoms with Crippen molar-refractivity contribution in [2.24, 2.45) is 5.41 Å². The van der Waals surface area contributed by atoms with E-state index in [0.717, 1.165) is 10.0 Å². The van der Waals surface area contributed by atoms with Gasteiger partial charge in [-0.25, -0.2) is 0 Å². The Morgan fingerprint density at radius 1 is 1.28 bits per heavy atom. The number of nitrogens with one attached hydrogen (secondary N) is 1. The zero-order valence-electron chi connectivity index (χ0n) is 10.4. The van der Waals surface area contributed by atoms with Crippen LogP contribution in [0, 0.1) is 5.41 Å². The van der Waals surface area contributed by atoms with Gasteiger partial charge in [0, 0.05) is 11.0 Å². The second-order valence-electron chi connectivity index (χ2n) is 4.56. The average molecular weight is 314 g/mol. The molecule has 18 heavy (non-hydrogen) atoms. The molecule has 0 aromatic heterocycles. The molecule has 1 aromatic carbocycles. The molecule has 0 atom stereocenters. The minimum absolute atomic E-state index is 0.428. The monoisotopic (exact) mass is 313 g/mol. The van der Waals surface area contributed by atoms with Crippen LogP contribution in [0.15, 0.2) is 28.7 Å². The van der Waals surface area contributed by atoms with Crippen LogP contribution in [0.2, 0.25) is 0 Å². The molecule has 2 N–H and O–H groups in total. The molecule has 5 heteroatoms. The Hall–Kier alpha value is -1.36. The number of hydrogen-bond acceptors (Lipinski definition) is 2. The summed E-state index contributed by atoms with van der Waals surface area (Å²) >= 11 is 3.34. The summed E-state index contributed by atoms with van der Waals surface area (Å²) in [6, 6.07) is 7.77. The number of carbonyl (C=O) groups excluding carboxylic acids is 1. The van der Waals surface area contributed by atoms with E-state index in [1.54, 1.807) is 0 Å². The van der Waals surface area contributed by atoms with Crippen LogP contribution >= 0.6 is 15.9 Å². The Morgan fingerprint density at radius 3 is 2.33 bits per heavy atom. The Bertz CT molecular complexity index is 440. The lowest BCUT2D eigenvalue weighted by Crippen LogP contribution is -2.42. The van der Waals surface area contributed by atoms with Crippen molar-refractivity contribution >= 4 is 27.8 Å². The number of amides is 1.